The molecule has 1 rings (SSSR count). The molecule has 0 saturated carbocycles. The second-order valence-corrected chi connectivity index (χ2v) is 6.94. The standard InChI is InChI=1S/C18H22N4O8S2/c23-13(7-31)21-11(5-15(25)26)17(29)19-9-2-1-3-10(4-9)20-18(30)12(6-16(27)28)22-14(24)8-32/h1-4,11-12,31-32H,5-8H2,(H,19,29)(H,20,30)(H,21,23)(H,22,24)(H,25,26)(H,27,28). The Morgan fingerprint density at radius 3 is 1.44 bits per heavy atom. The van der Waals surface area contributed by atoms with Crippen LogP contribution in [-0.2, 0) is 28.8 Å². The van der Waals surface area contributed by atoms with Crippen molar-refractivity contribution in [1.29, 1.82) is 0 Å². The summed E-state index contributed by atoms with van der Waals surface area (Å²) in [5.41, 5.74) is 0.329. The lowest BCUT2D eigenvalue weighted by atomic mass is 10.1. The number of hydrogen-bond donors (Lipinski definition) is 8. The van der Waals surface area contributed by atoms with Crippen LogP contribution in [0.4, 0.5) is 11.4 Å². The van der Waals surface area contributed by atoms with Crippen LogP contribution in [0.2, 0.25) is 0 Å². The first-order valence-electron chi connectivity index (χ1n) is 9.01. The number of carboxylic acid groups (broad SMARTS) is 2. The Kier molecular flexibility index (Phi) is 11.1. The zero-order valence-electron chi connectivity index (χ0n) is 16.5. The fourth-order valence-electron chi connectivity index (χ4n) is 2.38. The van der Waals surface area contributed by atoms with Crippen molar-refractivity contribution in [1.82, 2.24) is 10.6 Å². The zero-order chi connectivity index (χ0) is 24.3. The Balaban J connectivity index is 2.92. The molecule has 0 heterocycles. The average Bonchev–Trinajstić information content (AvgIpc) is 2.72. The number of amides is 4. The summed E-state index contributed by atoms with van der Waals surface area (Å²) in [6.07, 6.45) is -1.33. The van der Waals surface area contributed by atoms with Crippen LogP contribution in [0.15, 0.2) is 24.3 Å². The van der Waals surface area contributed by atoms with Crippen molar-refractivity contribution < 1.29 is 39.0 Å². The second-order valence-electron chi connectivity index (χ2n) is 6.31. The van der Waals surface area contributed by atoms with E-state index in [1.165, 1.54) is 24.3 Å². The summed E-state index contributed by atoms with van der Waals surface area (Å²) in [6, 6.07) is 2.96. The van der Waals surface area contributed by atoms with E-state index in [1.807, 2.05) is 0 Å². The molecular formula is C18H22N4O8S2. The first-order valence-corrected chi connectivity index (χ1v) is 10.3. The van der Waals surface area contributed by atoms with Gasteiger partial charge in [0.15, 0.2) is 0 Å². The van der Waals surface area contributed by atoms with Crippen molar-refractivity contribution in [3.05, 3.63) is 24.3 Å². The summed E-state index contributed by atoms with van der Waals surface area (Å²) in [4.78, 5) is 69.7. The molecule has 0 aliphatic rings. The first-order chi connectivity index (χ1) is 15.0. The van der Waals surface area contributed by atoms with E-state index in [9.17, 15) is 28.8 Å². The van der Waals surface area contributed by atoms with Crippen molar-refractivity contribution in [3.8, 4) is 0 Å². The monoisotopic (exact) mass is 486 g/mol. The van der Waals surface area contributed by atoms with Gasteiger partial charge in [-0.1, -0.05) is 6.07 Å². The molecule has 12 nitrogen and oxygen atoms in total. The molecule has 2 atom stereocenters. The SMILES string of the molecule is O=C(O)CC(NC(=O)CS)C(=O)Nc1cccc(NC(=O)C(CC(=O)O)NC(=O)CS)c1. The minimum atomic E-state index is -1.36. The fourth-order valence-corrected chi connectivity index (χ4v) is 2.56. The molecule has 0 aliphatic carbocycles. The van der Waals surface area contributed by atoms with Gasteiger partial charge in [0.2, 0.25) is 23.6 Å². The second kappa shape index (κ2) is 13.2. The Labute approximate surface area is 193 Å². The van der Waals surface area contributed by atoms with Crippen LogP contribution in [0.5, 0.6) is 0 Å². The Bertz CT molecular complexity index is 828. The molecule has 0 saturated heterocycles. The number of nitrogens with one attached hydrogen (secondary N) is 4. The maximum atomic E-state index is 12.4. The maximum absolute atomic E-state index is 12.4. The molecule has 14 heteroatoms. The summed E-state index contributed by atoms with van der Waals surface area (Å²) in [7, 11) is 0. The van der Waals surface area contributed by atoms with E-state index in [-0.39, 0.29) is 22.9 Å². The number of anilines is 2. The van der Waals surface area contributed by atoms with Gasteiger partial charge in [0, 0.05) is 11.4 Å². The lowest BCUT2D eigenvalue weighted by molar-refractivity contribution is -0.140. The van der Waals surface area contributed by atoms with Crippen molar-refractivity contribution >= 4 is 72.2 Å². The number of rotatable bonds is 12. The lowest BCUT2D eigenvalue weighted by Gasteiger charge is -2.18. The minimum Gasteiger partial charge on any atom is -0.481 e. The highest BCUT2D eigenvalue weighted by molar-refractivity contribution is 7.81. The third kappa shape index (κ3) is 9.70. The lowest BCUT2D eigenvalue weighted by Crippen LogP contribution is -2.45. The van der Waals surface area contributed by atoms with E-state index in [4.69, 9.17) is 10.2 Å². The quantitative estimate of drug-likeness (QED) is 0.179. The minimum absolute atomic E-state index is 0.164. The van der Waals surface area contributed by atoms with Gasteiger partial charge in [0.1, 0.15) is 12.1 Å². The van der Waals surface area contributed by atoms with E-state index < -0.39 is 60.5 Å². The van der Waals surface area contributed by atoms with Gasteiger partial charge in [-0.15, -0.1) is 0 Å². The van der Waals surface area contributed by atoms with Crippen molar-refractivity contribution in [3.63, 3.8) is 0 Å². The smallest absolute Gasteiger partial charge is 0.305 e. The summed E-state index contributed by atoms with van der Waals surface area (Å²) < 4.78 is 0. The molecule has 32 heavy (non-hydrogen) atoms. The molecule has 1 aromatic rings. The van der Waals surface area contributed by atoms with E-state index >= 15 is 0 Å². The van der Waals surface area contributed by atoms with Crippen LogP contribution in [-0.4, -0.2) is 69.4 Å². The van der Waals surface area contributed by atoms with E-state index in [0.717, 1.165) is 0 Å². The molecule has 1 aromatic carbocycles. The molecule has 0 fully saturated rings. The molecule has 0 spiro atoms. The zero-order valence-corrected chi connectivity index (χ0v) is 18.3. The Morgan fingerprint density at radius 2 is 1.12 bits per heavy atom. The molecule has 0 bridgehead atoms. The number of carbonyl (C=O) groups excluding carboxylic acids is 4. The highest BCUT2D eigenvalue weighted by atomic mass is 32.1. The largest absolute Gasteiger partial charge is 0.481 e. The van der Waals surface area contributed by atoms with Crippen LogP contribution in [0.25, 0.3) is 0 Å². The van der Waals surface area contributed by atoms with Crippen molar-refractivity contribution in [2.24, 2.45) is 0 Å². The predicted molar refractivity (Wildman–Crippen MR) is 120 cm³/mol. The first kappa shape index (κ1) is 26.8. The normalized spacial score (nSPS) is 12.1. The fraction of sp³-hybridized carbons (Fsp3) is 0.333. The van der Waals surface area contributed by atoms with Crippen molar-refractivity contribution in [2.45, 2.75) is 24.9 Å². The maximum Gasteiger partial charge on any atom is 0.305 e. The topological polar surface area (TPSA) is 191 Å². The predicted octanol–water partition coefficient (Wildman–Crippen LogP) is -0.658. The molecule has 0 aliphatic heterocycles. The summed E-state index contributed by atoms with van der Waals surface area (Å²) in [5, 5.41) is 27.2. The third-order valence-electron chi connectivity index (χ3n) is 3.75. The van der Waals surface area contributed by atoms with Gasteiger partial charge in [-0.25, -0.2) is 0 Å². The molecule has 0 radical (unpaired) electrons. The Hall–Kier alpha value is -3.26. The van der Waals surface area contributed by atoms with Gasteiger partial charge < -0.3 is 31.5 Å². The number of carboxylic acids is 2. The van der Waals surface area contributed by atoms with Crippen LogP contribution in [0, 0.1) is 0 Å². The van der Waals surface area contributed by atoms with Gasteiger partial charge >= 0.3 is 11.9 Å². The van der Waals surface area contributed by atoms with Crippen LogP contribution in [0.3, 0.4) is 0 Å². The van der Waals surface area contributed by atoms with E-state index in [0.29, 0.717) is 0 Å². The van der Waals surface area contributed by atoms with Crippen molar-refractivity contribution in [2.75, 3.05) is 22.1 Å². The van der Waals surface area contributed by atoms with Crippen LogP contribution < -0.4 is 21.3 Å². The van der Waals surface area contributed by atoms with Gasteiger partial charge in [-0.2, -0.15) is 25.3 Å². The van der Waals surface area contributed by atoms with E-state index in [2.05, 4.69) is 46.5 Å². The van der Waals surface area contributed by atoms with Crippen LogP contribution >= 0.6 is 25.3 Å². The van der Waals surface area contributed by atoms with Gasteiger partial charge in [0.05, 0.1) is 24.3 Å². The molecule has 6 N–H and O–H groups in total. The number of thiol groups is 2. The molecular weight excluding hydrogens is 464 g/mol. The highest BCUT2D eigenvalue weighted by Crippen LogP contribution is 2.16. The van der Waals surface area contributed by atoms with Crippen LogP contribution in [0.1, 0.15) is 12.8 Å². The summed E-state index contributed by atoms with van der Waals surface area (Å²) >= 11 is 7.52. The summed E-state index contributed by atoms with van der Waals surface area (Å²) in [6.45, 7) is 0. The summed E-state index contributed by atoms with van der Waals surface area (Å²) in [5.74, 6) is -5.99. The molecule has 4 amide bonds. The Morgan fingerprint density at radius 1 is 0.750 bits per heavy atom. The van der Waals surface area contributed by atoms with E-state index in [1.54, 1.807) is 0 Å². The third-order valence-corrected chi connectivity index (χ3v) is 4.32. The van der Waals surface area contributed by atoms with Gasteiger partial charge in [-0.3, -0.25) is 28.8 Å². The van der Waals surface area contributed by atoms with Gasteiger partial charge in [-0.05, 0) is 18.2 Å². The number of hydrogen-bond acceptors (Lipinski definition) is 8. The number of carbonyl (C=O) groups is 6. The van der Waals surface area contributed by atoms with Gasteiger partial charge in [0.25, 0.3) is 0 Å². The highest BCUT2D eigenvalue weighted by Gasteiger charge is 2.25. The molecule has 174 valence electrons. The number of benzene rings is 1. The average molecular weight is 487 g/mol. The molecule has 2 unspecified atom stereocenters. The molecule has 0 aromatic heterocycles. The number of aliphatic carboxylic acids is 2.